The first-order valence-electron chi connectivity index (χ1n) is 8.63. The van der Waals surface area contributed by atoms with Crippen LogP contribution < -0.4 is 10.1 Å². The van der Waals surface area contributed by atoms with Gasteiger partial charge in [-0.15, -0.1) is 0 Å². The van der Waals surface area contributed by atoms with Gasteiger partial charge >= 0.3 is 0 Å². The number of nitrogens with one attached hydrogen (secondary N) is 1. The summed E-state index contributed by atoms with van der Waals surface area (Å²) in [5.74, 6) is 2.22. The van der Waals surface area contributed by atoms with Crippen molar-refractivity contribution in [3.63, 3.8) is 0 Å². The van der Waals surface area contributed by atoms with E-state index in [0.717, 1.165) is 5.56 Å². The molecular weight excluding hydrogens is 344 g/mol. The number of rotatable bonds is 5. The molecule has 0 atom stereocenters. The average Bonchev–Trinajstić information content (AvgIpc) is 3.12. The highest BCUT2D eigenvalue weighted by molar-refractivity contribution is 5.92. The Morgan fingerprint density at radius 1 is 1.15 bits per heavy atom. The Bertz CT molecular complexity index is 927. The standard InChI is InChI=1S/C20H22N4O3/c1-20(2,3)19-23-17(27-24-19)11-13-5-7-14(8-6-13)26-15-9-10-22-16(12-15)18(25)21-4/h5-10,12H,11H2,1-4H3,(H,21,25). The van der Waals surface area contributed by atoms with E-state index in [4.69, 9.17) is 9.26 Å². The molecule has 0 radical (unpaired) electrons. The Kier molecular flexibility index (Phi) is 5.21. The molecule has 0 aliphatic rings. The zero-order chi connectivity index (χ0) is 19.4. The third kappa shape index (κ3) is 4.69. The molecule has 7 heteroatoms. The molecule has 1 N–H and O–H groups in total. The number of pyridine rings is 1. The van der Waals surface area contributed by atoms with Gasteiger partial charge in [0.25, 0.3) is 5.91 Å². The van der Waals surface area contributed by atoms with Crippen LogP contribution in [0.4, 0.5) is 0 Å². The van der Waals surface area contributed by atoms with Crippen LogP contribution in [0, 0.1) is 0 Å². The summed E-state index contributed by atoms with van der Waals surface area (Å²) in [6, 6.07) is 10.9. The normalized spacial score (nSPS) is 11.3. The summed E-state index contributed by atoms with van der Waals surface area (Å²) in [5.41, 5.74) is 1.20. The Morgan fingerprint density at radius 2 is 1.89 bits per heavy atom. The van der Waals surface area contributed by atoms with Crippen LogP contribution in [-0.4, -0.2) is 28.1 Å². The van der Waals surface area contributed by atoms with Crippen LogP contribution in [0.15, 0.2) is 47.1 Å². The van der Waals surface area contributed by atoms with Crippen LogP contribution in [0.2, 0.25) is 0 Å². The minimum Gasteiger partial charge on any atom is -0.457 e. The summed E-state index contributed by atoms with van der Waals surface area (Å²) < 4.78 is 11.1. The zero-order valence-electron chi connectivity index (χ0n) is 15.8. The predicted octanol–water partition coefficient (Wildman–Crippen LogP) is 3.50. The van der Waals surface area contributed by atoms with Crippen LogP contribution in [0.3, 0.4) is 0 Å². The average molecular weight is 366 g/mol. The van der Waals surface area contributed by atoms with Gasteiger partial charge in [0.1, 0.15) is 17.2 Å². The smallest absolute Gasteiger partial charge is 0.269 e. The molecule has 0 saturated heterocycles. The number of hydrogen-bond acceptors (Lipinski definition) is 6. The minimum absolute atomic E-state index is 0.141. The molecule has 0 spiro atoms. The van der Waals surface area contributed by atoms with E-state index in [-0.39, 0.29) is 11.3 Å². The van der Waals surface area contributed by atoms with Gasteiger partial charge in [0.2, 0.25) is 5.89 Å². The van der Waals surface area contributed by atoms with Crippen LogP contribution in [0.1, 0.15) is 48.5 Å². The van der Waals surface area contributed by atoms with E-state index in [1.54, 1.807) is 19.2 Å². The second-order valence-electron chi connectivity index (χ2n) is 7.14. The highest BCUT2D eigenvalue weighted by atomic mass is 16.5. The van der Waals surface area contributed by atoms with Crippen molar-refractivity contribution in [2.45, 2.75) is 32.6 Å². The molecule has 3 aromatic rings. The number of amides is 1. The van der Waals surface area contributed by atoms with Gasteiger partial charge in [0.15, 0.2) is 5.82 Å². The Labute approximate surface area is 157 Å². The van der Waals surface area contributed by atoms with Crippen molar-refractivity contribution in [2.24, 2.45) is 0 Å². The fraction of sp³-hybridized carbons (Fsp3) is 0.300. The predicted molar refractivity (Wildman–Crippen MR) is 99.9 cm³/mol. The van der Waals surface area contributed by atoms with E-state index in [9.17, 15) is 4.79 Å². The number of carbonyl (C=O) groups excluding carboxylic acids is 1. The van der Waals surface area contributed by atoms with Gasteiger partial charge in [-0.1, -0.05) is 38.1 Å². The Balaban J connectivity index is 1.67. The van der Waals surface area contributed by atoms with Gasteiger partial charge < -0.3 is 14.6 Å². The monoisotopic (exact) mass is 366 g/mol. The number of nitrogens with zero attached hydrogens (tertiary/aromatic N) is 3. The molecule has 0 fully saturated rings. The second kappa shape index (κ2) is 7.57. The summed E-state index contributed by atoms with van der Waals surface area (Å²) in [6.07, 6.45) is 2.09. The lowest BCUT2D eigenvalue weighted by Gasteiger charge is -2.10. The maximum Gasteiger partial charge on any atom is 0.269 e. The molecule has 1 aromatic carbocycles. The third-order valence-corrected chi connectivity index (χ3v) is 3.84. The van der Waals surface area contributed by atoms with E-state index in [2.05, 4.69) is 20.4 Å². The fourth-order valence-electron chi connectivity index (χ4n) is 2.34. The summed E-state index contributed by atoms with van der Waals surface area (Å²) >= 11 is 0. The van der Waals surface area contributed by atoms with Crippen molar-refractivity contribution in [3.05, 3.63) is 65.6 Å². The van der Waals surface area contributed by atoms with Crippen molar-refractivity contribution in [1.29, 1.82) is 0 Å². The summed E-state index contributed by atoms with van der Waals surface area (Å²) in [5, 5.41) is 6.57. The molecule has 3 rings (SSSR count). The van der Waals surface area contributed by atoms with E-state index in [1.807, 2.05) is 45.0 Å². The molecule has 140 valence electrons. The summed E-state index contributed by atoms with van der Waals surface area (Å²) in [7, 11) is 1.56. The number of benzene rings is 1. The third-order valence-electron chi connectivity index (χ3n) is 3.84. The minimum atomic E-state index is -0.259. The summed E-state index contributed by atoms with van der Waals surface area (Å²) in [6.45, 7) is 6.13. The van der Waals surface area contributed by atoms with Gasteiger partial charge in [-0.2, -0.15) is 4.98 Å². The van der Waals surface area contributed by atoms with Crippen LogP contribution in [0.25, 0.3) is 0 Å². The number of ether oxygens (including phenoxy) is 1. The Hall–Kier alpha value is -3.22. The zero-order valence-corrected chi connectivity index (χ0v) is 15.8. The van der Waals surface area contributed by atoms with E-state index < -0.39 is 0 Å². The maximum atomic E-state index is 11.7. The number of carbonyl (C=O) groups is 1. The molecule has 7 nitrogen and oxygen atoms in total. The molecule has 0 bridgehead atoms. The van der Waals surface area contributed by atoms with Crippen molar-refractivity contribution in [2.75, 3.05) is 7.05 Å². The topological polar surface area (TPSA) is 90.1 Å². The second-order valence-corrected chi connectivity index (χ2v) is 7.14. The first-order valence-corrected chi connectivity index (χ1v) is 8.63. The van der Waals surface area contributed by atoms with Crippen molar-refractivity contribution >= 4 is 5.91 Å². The molecular formula is C20H22N4O3. The SMILES string of the molecule is CNC(=O)c1cc(Oc2ccc(Cc3nc(C(C)(C)C)no3)cc2)ccn1. The van der Waals surface area contributed by atoms with Crippen molar-refractivity contribution in [3.8, 4) is 11.5 Å². The van der Waals surface area contributed by atoms with Gasteiger partial charge in [0, 0.05) is 24.7 Å². The maximum absolute atomic E-state index is 11.7. The van der Waals surface area contributed by atoms with Gasteiger partial charge in [-0.05, 0) is 23.8 Å². The first-order chi connectivity index (χ1) is 12.8. The molecule has 0 aliphatic carbocycles. The van der Waals surface area contributed by atoms with Crippen molar-refractivity contribution < 1.29 is 14.1 Å². The molecule has 0 aliphatic heterocycles. The number of hydrogen-bond donors (Lipinski definition) is 1. The van der Waals surface area contributed by atoms with Crippen molar-refractivity contribution in [1.82, 2.24) is 20.4 Å². The molecule has 2 heterocycles. The quantitative estimate of drug-likeness (QED) is 0.743. The lowest BCUT2D eigenvalue weighted by atomic mass is 9.96. The molecule has 0 unspecified atom stereocenters. The highest BCUT2D eigenvalue weighted by Gasteiger charge is 2.20. The van der Waals surface area contributed by atoms with E-state index >= 15 is 0 Å². The van der Waals surface area contributed by atoms with Crippen LogP contribution in [0.5, 0.6) is 11.5 Å². The molecule has 1 amide bonds. The van der Waals surface area contributed by atoms with E-state index in [1.165, 1.54) is 6.20 Å². The number of aromatic nitrogens is 3. The highest BCUT2D eigenvalue weighted by Crippen LogP contribution is 2.23. The van der Waals surface area contributed by atoms with Gasteiger partial charge in [0.05, 0.1) is 6.42 Å². The Morgan fingerprint density at radius 3 is 2.52 bits per heavy atom. The van der Waals surface area contributed by atoms with Crippen LogP contribution in [-0.2, 0) is 11.8 Å². The lowest BCUT2D eigenvalue weighted by molar-refractivity contribution is 0.0958. The lowest BCUT2D eigenvalue weighted by Crippen LogP contribution is -2.18. The van der Waals surface area contributed by atoms with Gasteiger partial charge in [-0.3, -0.25) is 9.78 Å². The van der Waals surface area contributed by atoms with Crippen LogP contribution >= 0.6 is 0 Å². The fourth-order valence-corrected chi connectivity index (χ4v) is 2.34. The molecule has 2 aromatic heterocycles. The van der Waals surface area contributed by atoms with Gasteiger partial charge in [-0.25, -0.2) is 0 Å². The molecule has 0 saturated carbocycles. The molecule has 27 heavy (non-hydrogen) atoms. The first kappa shape index (κ1) is 18.6. The largest absolute Gasteiger partial charge is 0.457 e. The van der Waals surface area contributed by atoms with E-state index in [0.29, 0.717) is 35.3 Å². The summed E-state index contributed by atoms with van der Waals surface area (Å²) in [4.78, 5) is 20.1.